The fourth-order valence-corrected chi connectivity index (χ4v) is 6.46. The average molecular weight is 640 g/mol. The second-order valence-corrected chi connectivity index (χ2v) is 11.8. The summed E-state index contributed by atoms with van der Waals surface area (Å²) in [7, 11) is 1.33. The van der Waals surface area contributed by atoms with E-state index < -0.39 is 88.6 Å². The van der Waals surface area contributed by atoms with Gasteiger partial charge in [0.05, 0.1) is 48.7 Å². The van der Waals surface area contributed by atoms with Crippen molar-refractivity contribution in [3.05, 3.63) is 63.4 Å². The molecule has 0 bridgehead atoms. The summed E-state index contributed by atoms with van der Waals surface area (Å²) in [6.07, 6.45) is -3.78. The van der Waals surface area contributed by atoms with Gasteiger partial charge < -0.3 is 44.7 Å². The number of ketones is 3. The SMILES string of the molecule is CCOC(=O)C=C(C)NC1CC(O[C@H]2C[C@](O)(C(C)=O)Cc3c(O)c4c(c(O)c32)C(=O)c2c(OC)cccc2C4=O)OC(C)C1O. The van der Waals surface area contributed by atoms with Crippen LogP contribution in [-0.4, -0.2) is 87.6 Å². The molecule has 1 fully saturated rings. The van der Waals surface area contributed by atoms with Crippen molar-refractivity contribution in [2.75, 3.05) is 13.7 Å². The third kappa shape index (κ3) is 5.64. The van der Waals surface area contributed by atoms with Crippen LogP contribution in [0.2, 0.25) is 0 Å². The van der Waals surface area contributed by atoms with E-state index in [1.165, 1.54) is 38.3 Å². The van der Waals surface area contributed by atoms with Crippen LogP contribution in [-0.2, 0) is 30.2 Å². The highest BCUT2D eigenvalue weighted by Crippen LogP contribution is 2.52. The van der Waals surface area contributed by atoms with Gasteiger partial charge in [-0.3, -0.25) is 14.4 Å². The number of carbonyl (C=O) groups is 4. The van der Waals surface area contributed by atoms with E-state index in [0.717, 1.165) is 0 Å². The zero-order chi connectivity index (χ0) is 33.7. The van der Waals surface area contributed by atoms with E-state index in [9.17, 15) is 39.6 Å². The van der Waals surface area contributed by atoms with Gasteiger partial charge in [0.25, 0.3) is 0 Å². The number of esters is 1. The summed E-state index contributed by atoms with van der Waals surface area (Å²) in [4.78, 5) is 52.1. The highest BCUT2D eigenvalue weighted by Gasteiger charge is 2.49. The van der Waals surface area contributed by atoms with Gasteiger partial charge in [-0.1, -0.05) is 12.1 Å². The number of benzene rings is 2. The number of rotatable bonds is 8. The fourth-order valence-electron chi connectivity index (χ4n) is 6.46. The summed E-state index contributed by atoms with van der Waals surface area (Å²) in [6, 6.07) is 3.73. The molecule has 0 spiro atoms. The van der Waals surface area contributed by atoms with Crippen molar-refractivity contribution in [3.63, 3.8) is 0 Å². The van der Waals surface area contributed by atoms with Crippen LogP contribution in [0.25, 0.3) is 0 Å². The van der Waals surface area contributed by atoms with Crippen LogP contribution in [0, 0.1) is 0 Å². The van der Waals surface area contributed by atoms with Crippen molar-refractivity contribution in [1.29, 1.82) is 0 Å². The van der Waals surface area contributed by atoms with Crippen molar-refractivity contribution < 1.29 is 58.6 Å². The maximum atomic E-state index is 13.8. The van der Waals surface area contributed by atoms with E-state index in [1.54, 1.807) is 20.8 Å². The monoisotopic (exact) mass is 639 g/mol. The maximum Gasteiger partial charge on any atom is 0.332 e. The van der Waals surface area contributed by atoms with E-state index in [4.69, 9.17) is 18.9 Å². The predicted octanol–water partition coefficient (Wildman–Crippen LogP) is 2.13. The number of Topliss-reactive ketones (excluding diaryl/α,β-unsaturated/α-hetero) is 1. The fraction of sp³-hybridized carbons (Fsp3) is 0.455. The summed E-state index contributed by atoms with van der Waals surface area (Å²) in [5.74, 6) is -3.91. The van der Waals surface area contributed by atoms with Crippen LogP contribution >= 0.6 is 0 Å². The first-order chi connectivity index (χ1) is 21.7. The maximum absolute atomic E-state index is 13.8. The number of carbonyl (C=O) groups excluding carboxylic acids is 4. The Balaban J connectivity index is 1.56. The molecule has 0 aromatic heterocycles. The summed E-state index contributed by atoms with van der Waals surface area (Å²) < 4.78 is 22.4. The molecule has 2 aromatic rings. The number of ether oxygens (including phenoxy) is 4. The van der Waals surface area contributed by atoms with Crippen molar-refractivity contribution in [2.45, 2.75) is 83.2 Å². The molecule has 1 heterocycles. The van der Waals surface area contributed by atoms with Crippen molar-refractivity contribution >= 4 is 23.3 Å². The number of fused-ring (bicyclic) bond motifs is 3. The lowest BCUT2D eigenvalue weighted by Crippen LogP contribution is -2.54. The molecule has 1 aliphatic heterocycles. The Bertz CT molecular complexity index is 1650. The lowest BCUT2D eigenvalue weighted by atomic mass is 9.72. The second-order valence-electron chi connectivity index (χ2n) is 11.8. The van der Waals surface area contributed by atoms with Gasteiger partial charge >= 0.3 is 5.97 Å². The number of allylic oxidation sites excluding steroid dienone is 1. The van der Waals surface area contributed by atoms with Crippen molar-refractivity contribution in [1.82, 2.24) is 5.32 Å². The summed E-state index contributed by atoms with van der Waals surface area (Å²) in [6.45, 7) is 6.26. The molecule has 13 heteroatoms. The van der Waals surface area contributed by atoms with E-state index in [1.807, 2.05) is 0 Å². The summed E-state index contributed by atoms with van der Waals surface area (Å²) >= 11 is 0. The molecule has 0 amide bonds. The van der Waals surface area contributed by atoms with Crippen molar-refractivity contribution in [2.24, 2.45) is 0 Å². The number of phenolic OH excluding ortho intramolecular Hbond substituents is 2. The Morgan fingerprint density at radius 1 is 1.11 bits per heavy atom. The molecule has 246 valence electrons. The van der Waals surface area contributed by atoms with E-state index in [2.05, 4.69) is 5.32 Å². The van der Waals surface area contributed by atoms with Gasteiger partial charge in [-0.15, -0.1) is 0 Å². The highest BCUT2D eigenvalue weighted by atomic mass is 16.7. The minimum absolute atomic E-state index is 0.0174. The van der Waals surface area contributed by atoms with E-state index in [0.29, 0.717) is 5.70 Å². The minimum Gasteiger partial charge on any atom is -0.507 e. The molecule has 0 radical (unpaired) electrons. The second kappa shape index (κ2) is 12.5. The van der Waals surface area contributed by atoms with Crippen LogP contribution in [0.3, 0.4) is 0 Å². The first kappa shape index (κ1) is 33.1. The van der Waals surface area contributed by atoms with Gasteiger partial charge in [0.15, 0.2) is 17.9 Å². The molecular weight excluding hydrogens is 602 g/mol. The summed E-state index contributed by atoms with van der Waals surface area (Å²) in [5, 5.41) is 48.5. The van der Waals surface area contributed by atoms with Crippen LogP contribution in [0.4, 0.5) is 0 Å². The molecule has 5 N–H and O–H groups in total. The van der Waals surface area contributed by atoms with Gasteiger partial charge in [-0.2, -0.15) is 0 Å². The minimum atomic E-state index is -2.06. The molecule has 6 atom stereocenters. The Morgan fingerprint density at radius 3 is 2.46 bits per heavy atom. The number of hydrogen-bond acceptors (Lipinski definition) is 13. The zero-order valence-corrected chi connectivity index (χ0v) is 26.1. The van der Waals surface area contributed by atoms with Crippen molar-refractivity contribution in [3.8, 4) is 17.2 Å². The third-order valence-corrected chi connectivity index (χ3v) is 8.79. The standard InChI is InChI=1S/C33H37NO12/c1-6-44-22(36)10-14(2)34-19-11-23(45-15(3)28(19)37)46-21-13-33(42,16(4)35)12-18-25(21)32(41)27-26(30(18)39)29(38)17-8-7-9-20(43-5)24(17)31(27)40/h7-10,15,19,21,23,28,34,37,39,41-42H,6,11-13H2,1-5H3/t15?,19?,21-,23?,28?,33-/m0/s1. The third-order valence-electron chi connectivity index (χ3n) is 8.79. The Hall–Kier alpha value is -4.30. The molecule has 2 aromatic carbocycles. The van der Waals surface area contributed by atoms with E-state index in [-0.39, 0.29) is 47.5 Å². The first-order valence-corrected chi connectivity index (χ1v) is 14.9. The number of aliphatic hydroxyl groups excluding tert-OH is 1. The number of aliphatic hydroxyl groups is 2. The summed E-state index contributed by atoms with van der Waals surface area (Å²) in [5.41, 5.74) is -2.86. The van der Waals surface area contributed by atoms with Crippen LogP contribution in [0.5, 0.6) is 17.2 Å². The lowest BCUT2D eigenvalue weighted by Gasteiger charge is -2.43. The zero-order valence-electron chi connectivity index (χ0n) is 26.1. The van der Waals surface area contributed by atoms with Gasteiger partial charge in [0.2, 0.25) is 5.78 Å². The van der Waals surface area contributed by atoms with Gasteiger partial charge in [0, 0.05) is 47.7 Å². The van der Waals surface area contributed by atoms with Crippen LogP contribution in [0.15, 0.2) is 30.0 Å². The van der Waals surface area contributed by atoms with Gasteiger partial charge in [-0.25, -0.2) is 4.79 Å². The average Bonchev–Trinajstić information content (AvgIpc) is 2.99. The predicted molar refractivity (Wildman–Crippen MR) is 160 cm³/mol. The molecule has 5 rings (SSSR count). The molecule has 1 saturated heterocycles. The number of nitrogens with one attached hydrogen (secondary N) is 1. The van der Waals surface area contributed by atoms with Gasteiger partial charge in [0.1, 0.15) is 29.0 Å². The molecule has 4 unspecified atom stereocenters. The highest BCUT2D eigenvalue weighted by molar-refractivity contribution is 6.31. The number of methoxy groups -OCH3 is 1. The van der Waals surface area contributed by atoms with Crippen LogP contribution < -0.4 is 10.1 Å². The van der Waals surface area contributed by atoms with Gasteiger partial charge in [-0.05, 0) is 33.8 Å². The molecule has 13 nitrogen and oxygen atoms in total. The number of phenols is 2. The molecule has 2 aliphatic carbocycles. The first-order valence-electron chi connectivity index (χ1n) is 14.9. The Labute approximate surface area is 264 Å². The largest absolute Gasteiger partial charge is 0.507 e. The van der Waals surface area contributed by atoms with Crippen LogP contribution in [0.1, 0.15) is 89.6 Å². The molecule has 46 heavy (non-hydrogen) atoms. The molecular formula is C33H37NO12. The number of hydrogen-bond donors (Lipinski definition) is 5. The topological polar surface area (TPSA) is 198 Å². The lowest BCUT2D eigenvalue weighted by molar-refractivity contribution is -0.249. The normalized spacial score (nSPS) is 27.3. The Kier molecular flexibility index (Phi) is 8.97. The van der Waals surface area contributed by atoms with E-state index >= 15 is 0 Å². The number of aromatic hydroxyl groups is 2. The Morgan fingerprint density at radius 2 is 1.80 bits per heavy atom. The smallest absolute Gasteiger partial charge is 0.332 e. The molecule has 0 saturated carbocycles. The molecule has 3 aliphatic rings. The quantitative estimate of drug-likeness (QED) is 0.137.